The van der Waals surface area contributed by atoms with Gasteiger partial charge in [0.15, 0.2) is 0 Å². The molecule has 0 heterocycles. The van der Waals surface area contributed by atoms with Gasteiger partial charge in [-0.1, -0.05) is 74.2 Å². The summed E-state index contributed by atoms with van der Waals surface area (Å²) in [6.07, 6.45) is 18.2. The third-order valence-electron chi connectivity index (χ3n) is 4.80. The van der Waals surface area contributed by atoms with Crippen LogP contribution in [0.2, 0.25) is 0 Å². The predicted octanol–water partition coefficient (Wildman–Crippen LogP) is 7.56. The molecule has 0 aromatic heterocycles. The van der Waals surface area contributed by atoms with Crippen LogP contribution >= 0.6 is 15.9 Å². The maximum atomic E-state index is 5.80. The zero-order chi connectivity index (χ0) is 19.8. The Bertz CT molecular complexity index is 465. The van der Waals surface area contributed by atoms with E-state index in [9.17, 15) is 0 Å². The molecule has 0 aromatic rings. The fourth-order valence-electron chi connectivity index (χ4n) is 3.03. The van der Waals surface area contributed by atoms with Crippen molar-refractivity contribution in [1.82, 2.24) is 0 Å². The van der Waals surface area contributed by atoms with Gasteiger partial charge in [-0.3, -0.25) is 4.99 Å². The van der Waals surface area contributed by atoms with Gasteiger partial charge in [0, 0.05) is 21.8 Å². The van der Waals surface area contributed by atoms with Crippen LogP contribution in [0.4, 0.5) is 0 Å². The number of nitrogens with two attached hydrogens (primary N) is 1. The van der Waals surface area contributed by atoms with Gasteiger partial charge in [-0.25, -0.2) is 0 Å². The molecule has 150 valence electrons. The Balaban J connectivity index is 0.00000141. The number of aliphatic imine (C=N–C) groups is 1. The molecule has 1 rings (SSSR count). The third kappa shape index (κ3) is 11.1. The summed E-state index contributed by atoms with van der Waals surface area (Å²) in [5, 5.41) is 0. The zero-order valence-electron chi connectivity index (χ0n) is 17.7. The van der Waals surface area contributed by atoms with Crippen LogP contribution in [0.1, 0.15) is 86.0 Å². The summed E-state index contributed by atoms with van der Waals surface area (Å²) in [5.74, 6) is 1.32. The van der Waals surface area contributed by atoms with Crippen LogP contribution in [0.15, 0.2) is 39.5 Å². The van der Waals surface area contributed by atoms with Crippen molar-refractivity contribution in [2.75, 3.05) is 6.54 Å². The molecule has 0 amide bonds. The number of unbranched alkanes of at least 4 members (excludes halogenated alkanes) is 1. The molecule has 0 aromatic carbocycles. The summed E-state index contributed by atoms with van der Waals surface area (Å²) >= 11 is 3.59. The number of hydrogen-bond acceptors (Lipinski definition) is 2. The van der Waals surface area contributed by atoms with E-state index in [1.807, 2.05) is 13.0 Å². The minimum absolute atomic E-state index is 0.605. The largest absolute Gasteiger partial charge is 0.330 e. The van der Waals surface area contributed by atoms with Gasteiger partial charge in [0.2, 0.25) is 0 Å². The van der Waals surface area contributed by atoms with E-state index in [4.69, 9.17) is 10.7 Å². The average molecular weight is 425 g/mol. The van der Waals surface area contributed by atoms with Gasteiger partial charge in [-0.05, 0) is 64.5 Å². The minimum Gasteiger partial charge on any atom is -0.330 e. The number of allylic oxidation sites excluding steroid dienone is 6. The monoisotopic (exact) mass is 424 g/mol. The molecule has 1 saturated carbocycles. The Morgan fingerprint density at radius 2 is 1.65 bits per heavy atom. The SMILES string of the molecule is CCCC.C\C=C/C(Br)=C\C(CCC)=N/C(=C\C)C1CCC(CN)CC1. The fraction of sp³-hybridized carbons (Fsp3) is 0.696. The zero-order valence-corrected chi connectivity index (χ0v) is 19.3. The van der Waals surface area contributed by atoms with E-state index in [1.54, 1.807) is 0 Å². The molecule has 0 atom stereocenters. The van der Waals surface area contributed by atoms with Crippen molar-refractivity contribution < 1.29 is 0 Å². The Morgan fingerprint density at radius 3 is 2.08 bits per heavy atom. The van der Waals surface area contributed by atoms with Crippen molar-refractivity contribution in [3.05, 3.63) is 34.5 Å². The quantitative estimate of drug-likeness (QED) is 0.316. The van der Waals surface area contributed by atoms with Crippen molar-refractivity contribution in [3.63, 3.8) is 0 Å². The normalized spacial score (nSPS) is 22.3. The first-order chi connectivity index (χ1) is 12.6. The lowest BCUT2D eigenvalue weighted by atomic mass is 9.80. The molecule has 0 aliphatic heterocycles. The third-order valence-corrected chi connectivity index (χ3v) is 5.30. The molecule has 1 aliphatic rings. The lowest BCUT2D eigenvalue weighted by Crippen LogP contribution is -2.22. The molecule has 1 aliphatic carbocycles. The maximum absolute atomic E-state index is 5.80. The van der Waals surface area contributed by atoms with Gasteiger partial charge in [-0.15, -0.1) is 0 Å². The number of halogens is 1. The van der Waals surface area contributed by atoms with Gasteiger partial charge in [0.1, 0.15) is 0 Å². The summed E-state index contributed by atoms with van der Waals surface area (Å²) in [5.41, 5.74) is 8.23. The first kappa shape index (κ1) is 25.3. The molecule has 0 spiro atoms. The van der Waals surface area contributed by atoms with Crippen LogP contribution in [-0.2, 0) is 0 Å². The van der Waals surface area contributed by atoms with Crippen molar-refractivity contribution >= 4 is 21.6 Å². The molecular weight excluding hydrogens is 384 g/mol. The Kier molecular flexibility index (Phi) is 16.1. The summed E-state index contributed by atoms with van der Waals surface area (Å²) in [6, 6.07) is 0. The van der Waals surface area contributed by atoms with Crippen molar-refractivity contribution in [2.45, 2.75) is 86.0 Å². The van der Waals surface area contributed by atoms with Gasteiger partial charge in [0.05, 0.1) is 0 Å². The number of rotatable bonds is 8. The van der Waals surface area contributed by atoms with Crippen LogP contribution < -0.4 is 5.73 Å². The van der Waals surface area contributed by atoms with Gasteiger partial charge in [-0.2, -0.15) is 0 Å². The highest BCUT2D eigenvalue weighted by Gasteiger charge is 2.22. The molecule has 3 heteroatoms. The van der Waals surface area contributed by atoms with E-state index in [0.29, 0.717) is 5.92 Å². The number of nitrogens with zero attached hydrogens (tertiary/aromatic N) is 1. The van der Waals surface area contributed by atoms with Gasteiger partial charge >= 0.3 is 0 Å². The van der Waals surface area contributed by atoms with Crippen LogP contribution in [0.3, 0.4) is 0 Å². The first-order valence-electron chi connectivity index (χ1n) is 10.5. The highest BCUT2D eigenvalue weighted by Crippen LogP contribution is 2.33. The van der Waals surface area contributed by atoms with Gasteiger partial charge in [0.25, 0.3) is 0 Å². The lowest BCUT2D eigenvalue weighted by molar-refractivity contribution is 0.306. The van der Waals surface area contributed by atoms with Crippen LogP contribution in [0.25, 0.3) is 0 Å². The van der Waals surface area contributed by atoms with Crippen LogP contribution in [0, 0.1) is 11.8 Å². The lowest BCUT2D eigenvalue weighted by Gasteiger charge is -2.28. The summed E-state index contributed by atoms with van der Waals surface area (Å²) in [7, 11) is 0. The summed E-state index contributed by atoms with van der Waals surface area (Å²) in [4.78, 5) is 4.99. The smallest absolute Gasteiger partial charge is 0.0418 e. The molecule has 26 heavy (non-hydrogen) atoms. The second kappa shape index (κ2) is 16.5. The first-order valence-corrected chi connectivity index (χ1v) is 11.3. The van der Waals surface area contributed by atoms with Crippen molar-refractivity contribution in [1.29, 1.82) is 0 Å². The molecule has 0 bridgehead atoms. The summed E-state index contributed by atoms with van der Waals surface area (Å²) < 4.78 is 1.09. The standard InChI is InChI=1S/C19H31BrN2.C4H10/c1-4-7-17(20)13-18(8-5-2)22-19(6-3)16-11-9-15(14-21)10-12-16;1-3-4-2/h4,6-7,13,15-16H,5,8-12,14,21H2,1-3H3;3-4H2,1-2H3/b7-4-,17-13+,19-6-,22-18-;. The Morgan fingerprint density at radius 1 is 1.04 bits per heavy atom. The van der Waals surface area contributed by atoms with E-state index in [0.717, 1.165) is 29.8 Å². The number of hydrogen-bond donors (Lipinski definition) is 1. The van der Waals surface area contributed by atoms with E-state index in [2.05, 4.69) is 61.9 Å². The summed E-state index contributed by atoms with van der Waals surface area (Å²) in [6.45, 7) is 11.5. The molecule has 0 unspecified atom stereocenters. The minimum atomic E-state index is 0.605. The second-order valence-corrected chi connectivity index (χ2v) is 7.96. The Hall–Kier alpha value is -0.670. The molecule has 2 nitrogen and oxygen atoms in total. The van der Waals surface area contributed by atoms with E-state index < -0.39 is 0 Å². The fourth-order valence-corrected chi connectivity index (χ4v) is 3.56. The molecule has 0 radical (unpaired) electrons. The van der Waals surface area contributed by atoms with Crippen LogP contribution in [0.5, 0.6) is 0 Å². The predicted molar refractivity (Wildman–Crippen MR) is 123 cm³/mol. The Labute approximate surface area is 171 Å². The van der Waals surface area contributed by atoms with E-state index in [1.165, 1.54) is 49.9 Å². The van der Waals surface area contributed by atoms with Crippen molar-refractivity contribution in [3.8, 4) is 0 Å². The van der Waals surface area contributed by atoms with Crippen molar-refractivity contribution in [2.24, 2.45) is 22.6 Å². The van der Waals surface area contributed by atoms with Crippen LogP contribution in [-0.4, -0.2) is 12.3 Å². The maximum Gasteiger partial charge on any atom is 0.0418 e. The second-order valence-electron chi connectivity index (χ2n) is 7.05. The topological polar surface area (TPSA) is 38.4 Å². The van der Waals surface area contributed by atoms with E-state index in [-0.39, 0.29) is 0 Å². The molecule has 2 N–H and O–H groups in total. The average Bonchev–Trinajstić information content (AvgIpc) is 2.66. The van der Waals surface area contributed by atoms with Gasteiger partial charge < -0.3 is 5.73 Å². The highest BCUT2D eigenvalue weighted by atomic mass is 79.9. The molecule has 0 saturated heterocycles. The molecule has 1 fully saturated rings. The highest BCUT2D eigenvalue weighted by molar-refractivity contribution is 9.11. The molecular formula is C23H41BrN2. The van der Waals surface area contributed by atoms with E-state index >= 15 is 0 Å².